The first-order valence-electron chi connectivity index (χ1n) is 8.44. The Labute approximate surface area is 135 Å². The number of aromatic nitrogens is 1. The minimum atomic E-state index is -0.394. The molecule has 0 aromatic carbocycles. The topological polar surface area (TPSA) is 65.5 Å². The van der Waals surface area contributed by atoms with Gasteiger partial charge in [0.25, 0.3) is 0 Å². The minimum Gasteiger partial charge on any atom is -0.278 e. The fraction of sp³-hybridized carbons (Fsp3) is 0.588. The van der Waals surface area contributed by atoms with Gasteiger partial charge in [0.1, 0.15) is 6.04 Å². The first kappa shape index (κ1) is 14.8. The van der Waals surface area contributed by atoms with E-state index >= 15 is 0 Å². The van der Waals surface area contributed by atoms with Crippen LogP contribution in [0.2, 0.25) is 0 Å². The van der Waals surface area contributed by atoms with Crippen molar-refractivity contribution in [1.82, 2.24) is 20.3 Å². The second kappa shape index (κ2) is 5.69. The van der Waals surface area contributed by atoms with E-state index in [2.05, 4.69) is 10.4 Å². The number of amides is 2. The Bertz CT molecular complexity index is 614. The summed E-state index contributed by atoms with van der Waals surface area (Å²) in [4.78, 5) is 31.7. The number of hydrazine groups is 1. The maximum absolute atomic E-state index is 13.0. The van der Waals surface area contributed by atoms with Crippen molar-refractivity contribution < 1.29 is 9.59 Å². The van der Waals surface area contributed by atoms with Gasteiger partial charge < -0.3 is 0 Å². The van der Waals surface area contributed by atoms with E-state index in [9.17, 15) is 9.59 Å². The number of hydrogen-bond donors (Lipinski definition) is 1. The molecular formula is C17H22N4O2. The van der Waals surface area contributed by atoms with Gasteiger partial charge in [0, 0.05) is 25.5 Å². The van der Waals surface area contributed by atoms with Crippen LogP contribution in [0.1, 0.15) is 43.7 Å². The Morgan fingerprint density at radius 3 is 2.65 bits per heavy atom. The summed E-state index contributed by atoms with van der Waals surface area (Å²) >= 11 is 0. The van der Waals surface area contributed by atoms with Crippen molar-refractivity contribution in [3.05, 3.63) is 30.1 Å². The lowest BCUT2D eigenvalue weighted by molar-refractivity contribution is -0.144. The summed E-state index contributed by atoms with van der Waals surface area (Å²) < 4.78 is 0. The molecule has 1 saturated carbocycles. The lowest BCUT2D eigenvalue weighted by atomic mass is 9.91. The molecule has 2 aliphatic heterocycles. The zero-order valence-electron chi connectivity index (χ0n) is 13.3. The van der Waals surface area contributed by atoms with Gasteiger partial charge in [0.15, 0.2) is 0 Å². The number of imide groups is 1. The summed E-state index contributed by atoms with van der Waals surface area (Å²) in [5.74, 6) is -0.399. The highest BCUT2D eigenvalue weighted by Crippen LogP contribution is 2.41. The van der Waals surface area contributed by atoms with Crippen LogP contribution in [0.25, 0.3) is 0 Å². The normalized spacial score (nSPS) is 32.6. The molecule has 2 amide bonds. The molecule has 1 N–H and O–H groups in total. The average molecular weight is 314 g/mol. The number of rotatable bonds is 2. The van der Waals surface area contributed by atoms with E-state index in [1.807, 2.05) is 24.2 Å². The van der Waals surface area contributed by atoms with Gasteiger partial charge in [-0.15, -0.1) is 0 Å². The molecule has 3 atom stereocenters. The lowest BCUT2D eigenvalue weighted by Crippen LogP contribution is -2.47. The predicted molar refractivity (Wildman–Crippen MR) is 83.9 cm³/mol. The van der Waals surface area contributed by atoms with Crippen molar-refractivity contribution in [1.29, 1.82) is 0 Å². The minimum absolute atomic E-state index is 0.0161. The molecule has 0 bridgehead atoms. The van der Waals surface area contributed by atoms with Crippen LogP contribution in [0, 0.1) is 5.92 Å². The molecule has 3 fully saturated rings. The van der Waals surface area contributed by atoms with E-state index in [0.29, 0.717) is 0 Å². The van der Waals surface area contributed by atoms with Crippen LogP contribution in [0.4, 0.5) is 0 Å². The monoisotopic (exact) mass is 314 g/mol. The second-order valence-electron chi connectivity index (χ2n) is 6.81. The van der Waals surface area contributed by atoms with Crippen LogP contribution in [-0.4, -0.2) is 45.8 Å². The molecule has 0 radical (unpaired) electrons. The number of hydrogen-bond acceptors (Lipinski definition) is 5. The van der Waals surface area contributed by atoms with Gasteiger partial charge in [-0.3, -0.25) is 19.5 Å². The third kappa shape index (κ3) is 2.28. The van der Waals surface area contributed by atoms with E-state index in [-0.39, 0.29) is 29.8 Å². The third-order valence-corrected chi connectivity index (χ3v) is 5.46. The molecule has 2 saturated heterocycles. The summed E-state index contributed by atoms with van der Waals surface area (Å²) in [7, 11) is 1.85. The molecular weight excluding hydrogens is 292 g/mol. The van der Waals surface area contributed by atoms with E-state index in [1.54, 1.807) is 17.3 Å². The Morgan fingerprint density at radius 2 is 1.96 bits per heavy atom. The van der Waals surface area contributed by atoms with Crippen molar-refractivity contribution in [2.75, 3.05) is 7.05 Å². The zero-order valence-corrected chi connectivity index (χ0v) is 13.3. The SMILES string of the molecule is CN1NC(c2cccnc2)C2C(=O)N(C3CCCCC3)C(=O)C21. The standard InChI is InChI=1S/C17H22N4O2/c1-20-15-13(14(19-20)11-6-5-9-18-10-11)16(22)21(17(15)23)12-7-3-2-4-8-12/h5-6,9-10,12-15,19H,2-4,7-8H2,1H3. The molecule has 1 aromatic heterocycles. The van der Waals surface area contributed by atoms with Crippen LogP contribution in [0.3, 0.4) is 0 Å². The molecule has 3 aliphatic rings. The number of carbonyl (C=O) groups excluding carboxylic acids is 2. The van der Waals surface area contributed by atoms with Crippen LogP contribution < -0.4 is 5.43 Å². The Balaban J connectivity index is 1.65. The van der Waals surface area contributed by atoms with Crippen molar-refractivity contribution in [2.24, 2.45) is 5.92 Å². The maximum atomic E-state index is 13.0. The Kier molecular flexibility index (Phi) is 3.66. The highest BCUT2D eigenvalue weighted by Gasteiger charge is 2.58. The van der Waals surface area contributed by atoms with Gasteiger partial charge in [-0.1, -0.05) is 25.3 Å². The van der Waals surface area contributed by atoms with Crippen LogP contribution in [0.5, 0.6) is 0 Å². The number of nitrogens with zero attached hydrogens (tertiary/aromatic N) is 3. The molecule has 6 nitrogen and oxygen atoms in total. The molecule has 3 heterocycles. The molecule has 3 unspecified atom stereocenters. The fourth-order valence-corrected chi connectivity index (χ4v) is 4.35. The van der Waals surface area contributed by atoms with Crippen molar-refractivity contribution in [2.45, 2.75) is 50.2 Å². The van der Waals surface area contributed by atoms with Crippen LogP contribution in [0.15, 0.2) is 24.5 Å². The zero-order chi connectivity index (χ0) is 16.0. The first-order valence-corrected chi connectivity index (χ1v) is 8.44. The predicted octanol–water partition coefficient (Wildman–Crippen LogP) is 1.26. The first-order chi connectivity index (χ1) is 11.2. The number of nitrogens with one attached hydrogen (secondary N) is 1. The molecule has 0 spiro atoms. The summed E-state index contributed by atoms with van der Waals surface area (Å²) in [5, 5.41) is 1.81. The van der Waals surface area contributed by atoms with Crippen LogP contribution >= 0.6 is 0 Å². The molecule has 23 heavy (non-hydrogen) atoms. The molecule has 6 heteroatoms. The number of fused-ring (bicyclic) bond motifs is 1. The van der Waals surface area contributed by atoms with Gasteiger partial charge in [-0.2, -0.15) is 0 Å². The Morgan fingerprint density at radius 1 is 1.17 bits per heavy atom. The number of likely N-dealkylation sites (N-methyl/N-ethyl adjacent to an activating group) is 1. The summed E-state index contributed by atoms with van der Waals surface area (Å²) in [6, 6.07) is 3.35. The van der Waals surface area contributed by atoms with Gasteiger partial charge >= 0.3 is 0 Å². The number of pyridine rings is 1. The maximum Gasteiger partial charge on any atom is 0.249 e. The van der Waals surface area contributed by atoms with Gasteiger partial charge in [-0.05, 0) is 24.5 Å². The van der Waals surface area contributed by atoms with E-state index in [0.717, 1.165) is 31.2 Å². The van der Waals surface area contributed by atoms with Gasteiger partial charge in [0.2, 0.25) is 11.8 Å². The number of carbonyl (C=O) groups is 2. The van der Waals surface area contributed by atoms with E-state index in [4.69, 9.17) is 0 Å². The average Bonchev–Trinajstić information content (AvgIpc) is 3.06. The van der Waals surface area contributed by atoms with Gasteiger partial charge in [0.05, 0.1) is 12.0 Å². The highest BCUT2D eigenvalue weighted by atomic mass is 16.2. The summed E-state index contributed by atoms with van der Waals surface area (Å²) in [6.45, 7) is 0. The van der Waals surface area contributed by atoms with E-state index in [1.165, 1.54) is 6.42 Å². The molecule has 1 aliphatic carbocycles. The molecule has 1 aromatic rings. The lowest BCUT2D eigenvalue weighted by Gasteiger charge is -2.31. The fourth-order valence-electron chi connectivity index (χ4n) is 4.35. The quantitative estimate of drug-likeness (QED) is 0.833. The van der Waals surface area contributed by atoms with Crippen molar-refractivity contribution in [3.63, 3.8) is 0 Å². The smallest absolute Gasteiger partial charge is 0.249 e. The van der Waals surface area contributed by atoms with Crippen molar-refractivity contribution in [3.8, 4) is 0 Å². The largest absolute Gasteiger partial charge is 0.278 e. The van der Waals surface area contributed by atoms with Crippen LogP contribution in [-0.2, 0) is 9.59 Å². The number of likely N-dealkylation sites (tertiary alicyclic amines) is 1. The summed E-state index contributed by atoms with van der Waals surface area (Å²) in [5.41, 5.74) is 4.24. The molecule has 4 rings (SSSR count). The highest BCUT2D eigenvalue weighted by molar-refractivity contribution is 6.08. The molecule has 122 valence electrons. The third-order valence-electron chi connectivity index (χ3n) is 5.46. The van der Waals surface area contributed by atoms with Gasteiger partial charge in [-0.25, -0.2) is 10.4 Å². The Hall–Kier alpha value is -1.79. The van der Waals surface area contributed by atoms with E-state index < -0.39 is 6.04 Å². The second-order valence-corrected chi connectivity index (χ2v) is 6.81. The van der Waals surface area contributed by atoms with Crippen molar-refractivity contribution >= 4 is 11.8 Å². The summed E-state index contributed by atoms with van der Waals surface area (Å²) in [6.07, 6.45) is 8.81.